The lowest BCUT2D eigenvalue weighted by atomic mass is 10.0. The average Bonchev–Trinajstić information content (AvgIpc) is 3.10. The third-order valence-electron chi connectivity index (χ3n) is 4.45. The number of carboxylic acid groups (broad SMARTS) is 1. The predicted octanol–water partition coefficient (Wildman–Crippen LogP) is 3.04. The van der Waals surface area contributed by atoms with Crippen molar-refractivity contribution in [2.75, 3.05) is 28.3 Å². The standard InChI is InChI=1S/C20H22N2O5S/c1-21(2)9-14-15(26-4)6-11(7-16(14)27-5)13-10-22(3)19(23)12-8-17(20(24)25)28-18(12)13/h6-8,10H,9H2,1-5H3,(H,24,25). The van der Waals surface area contributed by atoms with Crippen LogP contribution < -0.4 is 15.0 Å². The smallest absolute Gasteiger partial charge is 0.345 e. The van der Waals surface area contributed by atoms with Gasteiger partial charge in [-0.3, -0.25) is 4.79 Å². The summed E-state index contributed by atoms with van der Waals surface area (Å²) in [6.45, 7) is 0.636. The molecule has 0 bridgehead atoms. The van der Waals surface area contributed by atoms with Crippen molar-refractivity contribution < 1.29 is 19.4 Å². The lowest BCUT2D eigenvalue weighted by Gasteiger charge is -2.19. The highest BCUT2D eigenvalue weighted by molar-refractivity contribution is 7.21. The number of aromatic nitrogens is 1. The van der Waals surface area contributed by atoms with Crippen LogP contribution in [-0.2, 0) is 13.6 Å². The molecule has 0 aliphatic carbocycles. The molecule has 28 heavy (non-hydrogen) atoms. The summed E-state index contributed by atoms with van der Waals surface area (Å²) < 4.78 is 13.3. The number of carbonyl (C=O) groups is 1. The maximum Gasteiger partial charge on any atom is 0.345 e. The van der Waals surface area contributed by atoms with E-state index in [9.17, 15) is 14.7 Å². The molecule has 0 amide bonds. The van der Waals surface area contributed by atoms with Crippen LogP contribution >= 0.6 is 11.3 Å². The Morgan fingerprint density at radius 3 is 2.29 bits per heavy atom. The van der Waals surface area contributed by atoms with E-state index in [1.165, 1.54) is 10.6 Å². The van der Waals surface area contributed by atoms with Crippen LogP contribution in [0.15, 0.2) is 29.2 Å². The van der Waals surface area contributed by atoms with Crippen molar-refractivity contribution in [3.8, 4) is 22.6 Å². The highest BCUT2D eigenvalue weighted by Crippen LogP contribution is 2.39. The van der Waals surface area contributed by atoms with E-state index in [4.69, 9.17) is 9.47 Å². The first-order valence-corrected chi connectivity index (χ1v) is 9.35. The number of hydrogen-bond acceptors (Lipinski definition) is 6. The molecule has 3 aromatic rings. The van der Waals surface area contributed by atoms with Crippen LogP contribution in [0.3, 0.4) is 0 Å². The van der Waals surface area contributed by atoms with Crippen molar-refractivity contribution in [2.45, 2.75) is 6.54 Å². The highest BCUT2D eigenvalue weighted by atomic mass is 32.1. The summed E-state index contributed by atoms with van der Waals surface area (Å²) in [5.74, 6) is 0.283. The first-order valence-electron chi connectivity index (χ1n) is 8.53. The van der Waals surface area contributed by atoms with Gasteiger partial charge in [0.2, 0.25) is 0 Å². The minimum absolute atomic E-state index is 0.128. The van der Waals surface area contributed by atoms with Crippen molar-refractivity contribution in [1.82, 2.24) is 9.47 Å². The van der Waals surface area contributed by atoms with E-state index in [-0.39, 0.29) is 10.4 Å². The summed E-state index contributed by atoms with van der Waals surface area (Å²) in [4.78, 5) is 26.1. The van der Waals surface area contributed by atoms with Gasteiger partial charge in [0.05, 0.1) is 29.9 Å². The van der Waals surface area contributed by atoms with Crippen LogP contribution in [0.2, 0.25) is 0 Å². The van der Waals surface area contributed by atoms with E-state index in [0.29, 0.717) is 28.1 Å². The molecule has 0 unspecified atom stereocenters. The van der Waals surface area contributed by atoms with Crippen LogP contribution in [0.25, 0.3) is 21.2 Å². The molecule has 0 fully saturated rings. The molecule has 1 aromatic carbocycles. The van der Waals surface area contributed by atoms with Gasteiger partial charge in [-0.25, -0.2) is 4.79 Å². The fraction of sp³-hybridized carbons (Fsp3) is 0.300. The number of aromatic carboxylic acids is 1. The first kappa shape index (κ1) is 19.9. The third-order valence-corrected chi connectivity index (χ3v) is 5.61. The maximum absolute atomic E-state index is 12.5. The van der Waals surface area contributed by atoms with Gasteiger partial charge in [0, 0.05) is 25.4 Å². The number of fused-ring (bicyclic) bond motifs is 1. The number of nitrogens with zero attached hydrogens (tertiary/aromatic N) is 2. The average molecular weight is 402 g/mol. The molecule has 0 aliphatic heterocycles. The predicted molar refractivity (Wildman–Crippen MR) is 110 cm³/mol. The SMILES string of the molecule is COc1cc(-c2cn(C)c(=O)c3cc(C(=O)O)sc23)cc(OC)c1CN(C)C. The molecule has 0 atom stereocenters. The number of ether oxygens (including phenoxy) is 2. The zero-order valence-electron chi connectivity index (χ0n) is 16.4. The minimum Gasteiger partial charge on any atom is -0.496 e. The van der Waals surface area contributed by atoms with E-state index in [1.807, 2.05) is 31.1 Å². The Morgan fingerprint density at radius 2 is 1.79 bits per heavy atom. The zero-order chi connectivity index (χ0) is 20.6. The number of carboxylic acids is 1. The van der Waals surface area contributed by atoms with Crippen LogP contribution in [0.5, 0.6) is 11.5 Å². The molecule has 2 heterocycles. The number of rotatable bonds is 6. The number of benzene rings is 1. The molecular weight excluding hydrogens is 380 g/mol. The van der Waals surface area contributed by atoms with Crippen molar-refractivity contribution >= 4 is 27.4 Å². The molecule has 3 rings (SSSR count). The molecule has 7 nitrogen and oxygen atoms in total. The van der Waals surface area contributed by atoms with E-state index in [2.05, 4.69) is 0 Å². The molecule has 0 saturated heterocycles. The van der Waals surface area contributed by atoms with Gasteiger partial charge in [-0.1, -0.05) is 0 Å². The Labute approximate surface area is 166 Å². The lowest BCUT2D eigenvalue weighted by molar-refractivity contribution is 0.0702. The second-order valence-electron chi connectivity index (χ2n) is 6.71. The van der Waals surface area contributed by atoms with Gasteiger partial charge < -0.3 is 24.0 Å². The van der Waals surface area contributed by atoms with E-state index >= 15 is 0 Å². The number of hydrogen-bond donors (Lipinski definition) is 1. The molecule has 1 N–H and O–H groups in total. The van der Waals surface area contributed by atoms with Gasteiger partial charge in [-0.15, -0.1) is 11.3 Å². The fourth-order valence-corrected chi connectivity index (χ4v) is 4.19. The van der Waals surface area contributed by atoms with Crippen LogP contribution in [0.4, 0.5) is 0 Å². The number of pyridine rings is 1. The molecular formula is C20H22N2O5S. The Morgan fingerprint density at radius 1 is 1.18 bits per heavy atom. The van der Waals surface area contributed by atoms with Crippen LogP contribution in [-0.4, -0.2) is 48.9 Å². The normalized spacial score (nSPS) is 11.2. The number of aryl methyl sites for hydroxylation is 1. The summed E-state index contributed by atoms with van der Waals surface area (Å²) in [7, 11) is 8.77. The third kappa shape index (κ3) is 3.48. The van der Waals surface area contributed by atoms with Gasteiger partial charge in [0.1, 0.15) is 16.4 Å². The van der Waals surface area contributed by atoms with E-state index < -0.39 is 5.97 Å². The maximum atomic E-state index is 12.5. The molecule has 0 radical (unpaired) electrons. The topological polar surface area (TPSA) is 81.0 Å². The van der Waals surface area contributed by atoms with Crippen molar-refractivity contribution in [3.05, 3.63) is 45.2 Å². The fourth-order valence-electron chi connectivity index (χ4n) is 3.17. The Bertz CT molecular complexity index is 1090. The summed E-state index contributed by atoms with van der Waals surface area (Å²) >= 11 is 1.09. The van der Waals surface area contributed by atoms with Gasteiger partial charge in [0.25, 0.3) is 5.56 Å². The molecule has 0 saturated carbocycles. The van der Waals surface area contributed by atoms with Gasteiger partial charge in [-0.05, 0) is 37.9 Å². The number of thiophene rings is 1. The molecule has 0 aliphatic rings. The number of methoxy groups -OCH3 is 2. The van der Waals surface area contributed by atoms with Crippen molar-refractivity contribution in [1.29, 1.82) is 0 Å². The second-order valence-corrected chi connectivity index (χ2v) is 7.77. The Balaban J connectivity index is 2.31. The monoisotopic (exact) mass is 402 g/mol. The lowest BCUT2D eigenvalue weighted by Crippen LogP contribution is -2.16. The summed E-state index contributed by atoms with van der Waals surface area (Å²) in [5.41, 5.74) is 2.22. The van der Waals surface area contributed by atoms with Crippen molar-refractivity contribution in [2.24, 2.45) is 7.05 Å². The second kappa shape index (κ2) is 7.65. The molecule has 148 valence electrons. The summed E-state index contributed by atoms with van der Waals surface area (Å²) in [6.07, 6.45) is 1.71. The highest BCUT2D eigenvalue weighted by Gasteiger charge is 2.19. The molecule has 0 spiro atoms. The molecule has 2 aromatic heterocycles. The van der Waals surface area contributed by atoms with Crippen LogP contribution in [0.1, 0.15) is 15.2 Å². The quantitative estimate of drug-likeness (QED) is 0.683. The van der Waals surface area contributed by atoms with Crippen LogP contribution in [0, 0.1) is 0 Å². The van der Waals surface area contributed by atoms with E-state index in [1.54, 1.807) is 27.5 Å². The van der Waals surface area contributed by atoms with Gasteiger partial charge in [-0.2, -0.15) is 0 Å². The summed E-state index contributed by atoms with van der Waals surface area (Å²) in [6, 6.07) is 5.21. The van der Waals surface area contributed by atoms with E-state index in [0.717, 1.165) is 28.0 Å². The first-order chi connectivity index (χ1) is 13.3. The Kier molecular flexibility index (Phi) is 5.44. The largest absolute Gasteiger partial charge is 0.496 e. The van der Waals surface area contributed by atoms with Gasteiger partial charge in [0.15, 0.2) is 0 Å². The van der Waals surface area contributed by atoms with Gasteiger partial charge >= 0.3 is 5.97 Å². The molecule has 8 heteroatoms. The summed E-state index contributed by atoms with van der Waals surface area (Å²) in [5, 5.41) is 9.74. The Hall–Kier alpha value is -2.84. The minimum atomic E-state index is -1.05. The zero-order valence-corrected chi connectivity index (χ0v) is 17.2. The van der Waals surface area contributed by atoms with Crippen molar-refractivity contribution in [3.63, 3.8) is 0 Å².